The van der Waals surface area contributed by atoms with Gasteiger partial charge >= 0.3 is 6.03 Å². The number of thioether (sulfide) groups is 1. The number of likely N-dealkylation sites (tertiary alicyclic amines) is 2. The highest BCUT2D eigenvalue weighted by atomic mass is 32.2. The van der Waals surface area contributed by atoms with Crippen molar-refractivity contribution in [3.63, 3.8) is 0 Å². The van der Waals surface area contributed by atoms with E-state index in [4.69, 9.17) is 0 Å². The maximum absolute atomic E-state index is 12.7. The van der Waals surface area contributed by atoms with E-state index in [-0.39, 0.29) is 6.03 Å². The van der Waals surface area contributed by atoms with Gasteiger partial charge in [0, 0.05) is 29.7 Å². The van der Waals surface area contributed by atoms with Crippen LogP contribution in [0, 0.1) is 12.8 Å². The first-order chi connectivity index (χ1) is 10.6. The van der Waals surface area contributed by atoms with Crippen molar-refractivity contribution in [2.75, 3.05) is 38.3 Å². The van der Waals surface area contributed by atoms with Crippen LogP contribution in [0.3, 0.4) is 0 Å². The lowest BCUT2D eigenvalue weighted by molar-refractivity contribution is 0.137. The number of anilines is 1. The molecule has 5 heteroatoms. The van der Waals surface area contributed by atoms with Crippen molar-refractivity contribution in [3.05, 3.63) is 23.8 Å². The molecule has 0 unspecified atom stereocenters. The summed E-state index contributed by atoms with van der Waals surface area (Å²) in [6, 6.07) is 6.53. The maximum atomic E-state index is 12.7. The Morgan fingerprint density at radius 3 is 2.86 bits per heavy atom. The largest absolute Gasteiger partial charge is 0.322 e. The Bertz CT molecular complexity index is 563. The molecule has 0 aromatic heterocycles. The van der Waals surface area contributed by atoms with E-state index in [0.29, 0.717) is 12.0 Å². The van der Waals surface area contributed by atoms with Gasteiger partial charge in [0.15, 0.2) is 0 Å². The van der Waals surface area contributed by atoms with Gasteiger partial charge < -0.3 is 15.1 Å². The minimum Gasteiger partial charge on any atom is -0.320 e. The highest BCUT2D eigenvalue weighted by Gasteiger charge is 2.39. The molecule has 2 fully saturated rings. The summed E-state index contributed by atoms with van der Waals surface area (Å²) in [5.41, 5.74) is 2.09. The highest BCUT2D eigenvalue weighted by Crippen LogP contribution is 2.32. The van der Waals surface area contributed by atoms with Crippen LogP contribution in [-0.4, -0.2) is 54.8 Å². The molecular weight excluding hydrogens is 294 g/mol. The van der Waals surface area contributed by atoms with Crippen molar-refractivity contribution in [2.45, 2.75) is 30.7 Å². The molecule has 0 radical (unpaired) electrons. The zero-order valence-electron chi connectivity index (χ0n) is 13.6. The van der Waals surface area contributed by atoms with Crippen LogP contribution in [0.4, 0.5) is 10.5 Å². The van der Waals surface area contributed by atoms with Crippen LogP contribution in [0.1, 0.15) is 18.4 Å². The van der Waals surface area contributed by atoms with Crippen LogP contribution in [-0.2, 0) is 0 Å². The Labute approximate surface area is 137 Å². The van der Waals surface area contributed by atoms with Crippen LogP contribution >= 0.6 is 11.8 Å². The van der Waals surface area contributed by atoms with Crippen molar-refractivity contribution in [3.8, 4) is 0 Å². The lowest BCUT2D eigenvalue weighted by atomic mass is 9.92. The second-order valence-corrected chi connectivity index (χ2v) is 7.27. The Kier molecular flexibility index (Phi) is 4.64. The third kappa shape index (κ3) is 2.97. The van der Waals surface area contributed by atoms with Gasteiger partial charge in [-0.3, -0.25) is 0 Å². The standard InChI is InChI=1S/C17H25N3OS/c1-12-14(5-4-6-16(12)22-3)18-17(21)20-10-8-13-7-9-19(2)11-15(13)20/h4-6,13,15H,7-11H2,1-3H3,(H,18,21)/t13-,15+/m0/s1. The van der Waals surface area contributed by atoms with Crippen LogP contribution in [0.25, 0.3) is 0 Å². The van der Waals surface area contributed by atoms with E-state index in [0.717, 1.165) is 37.3 Å². The summed E-state index contributed by atoms with van der Waals surface area (Å²) in [7, 11) is 2.15. The molecule has 0 aliphatic carbocycles. The normalized spacial score (nSPS) is 25.1. The second kappa shape index (κ2) is 6.50. The first-order valence-corrected chi connectivity index (χ1v) is 9.22. The van der Waals surface area contributed by atoms with E-state index in [9.17, 15) is 4.79 Å². The molecule has 22 heavy (non-hydrogen) atoms. The molecule has 2 saturated heterocycles. The van der Waals surface area contributed by atoms with E-state index in [1.54, 1.807) is 11.8 Å². The number of urea groups is 1. The van der Waals surface area contributed by atoms with Crippen molar-refractivity contribution in [1.82, 2.24) is 9.80 Å². The number of benzene rings is 1. The Balaban J connectivity index is 1.72. The number of amides is 2. The van der Waals surface area contributed by atoms with E-state index >= 15 is 0 Å². The Morgan fingerprint density at radius 2 is 2.09 bits per heavy atom. The molecule has 3 rings (SSSR count). The van der Waals surface area contributed by atoms with Gasteiger partial charge in [0.2, 0.25) is 0 Å². The van der Waals surface area contributed by atoms with Crippen LogP contribution < -0.4 is 5.32 Å². The summed E-state index contributed by atoms with van der Waals surface area (Å²) in [4.78, 5) is 18.3. The Morgan fingerprint density at radius 1 is 1.32 bits per heavy atom. The summed E-state index contributed by atoms with van der Waals surface area (Å²) in [5, 5.41) is 3.13. The summed E-state index contributed by atoms with van der Waals surface area (Å²) in [6.07, 6.45) is 4.43. The zero-order chi connectivity index (χ0) is 15.7. The molecular formula is C17H25N3OS. The average Bonchev–Trinajstić information content (AvgIpc) is 2.92. The first-order valence-electron chi connectivity index (χ1n) is 8.00. The minimum absolute atomic E-state index is 0.0594. The fourth-order valence-electron chi connectivity index (χ4n) is 3.71. The number of carbonyl (C=O) groups excluding carboxylic acids is 1. The number of piperidine rings is 1. The third-order valence-corrected chi connectivity index (χ3v) is 5.95. The lowest BCUT2D eigenvalue weighted by Gasteiger charge is -2.36. The monoisotopic (exact) mass is 319 g/mol. The predicted molar refractivity (Wildman–Crippen MR) is 92.7 cm³/mol. The van der Waals surface area contributed by atoms with Crippen molar-refractivity contribution < 1.29 is 4.79 Å². The number of likely N-dealkylation sites (N-methyl/N-ethyl adjacent to an activating group) is 1. The molecule has 1 aromatic carbocycles. The number of hydrogen-bond donors (Lipinski definition) is 1. The van der Waals surface area contributed by atoms with Gasteiger partial charge in [-0.15, -0.1) is 11.8 Å². The molecule has 4 nitrogen and oxygen atoms in total. The molecule has 0 spiro atoms. The fourth-order valence-corrected chi connectivity index (χ4v) is 4.34. The minimum atomic E-state index is 0.0594. The number of rotatable bonds is 2. The van der Waals surface area contributed by atoms with E-state index < -0.39 is 0 Å². The first kappa shape index (κ1) is 15.7. The van der Waals surface area contributed by atoms with Crippen LogP contribution in [0.2, 0.25) is 0 Å². The van der Waals surface area contributed by atoms with Gasteiger partial charge in [0.25, 0.3) is 0 Å². The zero-order valence-corrected chi connectivity index (χ0v) is 14.4. The molecule has 2 aliphatic heterocycles. The smallest absolute Gasteiger partial charge is 0.320 e. The van der Waals surface area contributed by atoms with E-state index in [1.165, 1.54) is 11.3 Å². The predicted octanol–water partition coefficient (Wildman–Crippen LogP) is 3.27. The molecule has 1 N–H and O–H groups in total. The summed E-state index contributed by atoms with van der Waals surface area (Å²) >= 11 is 1.72. The number of nitrogens with one attached hydrogen (secondary N) is 1. The maximum Gasteiger partial charge on any atom is 0.322 e. The quantitative estimate of drug-likeness (QED) is 0.850. The van der Waals surface area contributed by atoms with Crippen LogP contribution in [0.5, 0.6) is 0 Å². The SMILES string of the molecule is CSc1cccc(NC(=O)N2CC[C@@H]3CCN(C)C[C@H]32)c1C. The molecule has 0 bridgehead atoms. The molecule has 2 amide bonds. The van der Waals surface area contributed by atoms with E-state index in [1.807, 2.05) is 17.0 Å². The number of carbonyl (C=O) groups is 1. The van der Waals surface area contributed by atoms with Gasteiger partial charge in [-0.05, 0) is 63.2 Å². The van der Waals surface area contributed by atoms with E-state index in [2.05, 4.69) is 36.5 Å². The molecule has 2 atom stereocenters. The van der Waals surface area contributed by atoms with Gasteiger partial charge in [0.1, 0.15) is 0 Å². The number of fused-ring (bicyclic) bond motifs is 1. The highest BCUT2D eigenvalue weighted by molar-refractivity contribution is 7.98. The molecule has 1 aromatic rings. The van der Waals surface area contributed by atoms with Crippen molar-refractivity contribution in [2.24, 2.45) is 5.92 Å². The van der Waals surface area contributed by atoms with Gasteiger partial charge in [-0.1, -0.05) is 6.07 Å². The van der Waals surface area contributed by atoms with Crippen LogP contribution in [0.15, 0.2) is 23.1 Å². The fraction of sp³-hybridized carbons (Fsp3) is 0.588. The molecule has 2 aliphatic rings. The van der Waals surface area contributed by atoms with Crippen molar-refractivity contribution >= 4 is 23.5 Å². The third-order valence-electron chi connectivity index (χ3n) is 5.07. The van der Waals surface area contributed by atoms with Gasteiger partial charge in [-0.2, -0.15) is 0 Å². The number of nitrogens with zero attached hydrogens (tertiary/aromatic N) is 2. The average molecular weight is 319 g/mol. The topological polar surface area (TPSA) is 35.6 Å². The second-order valence-electron chi connectivity index (χ2n) is 6.42. The molecule has 120 valence electrons. The summed E-state index contributed by atoms with van der Waals surface area (Å²) in [5.74, 6) is 0.681. The molecule has 2 heterocycles. The number of hydrogen-bond acceptors (Lipinski definition) is 3. The lowest BCUT2D eigenvalue weighted by Crippen LogP contribution is -2.49. The van der Waals surface area contributed by atoms with Gasteiger partial charge in [0.05, 0.1) is 0 Å². The summed E-state index contributed by atoms with van der Waals surface area (Å²) in [6.45, 7) is 5.12. The van der Waals surface area contributed by atoms with Crippen molar-refractivity contribution in [1.29, 1.82) is 0 Å². The Hall–Kier alpha value is -1.20. The molecule has 0 saturated carbocycles. The summed E-state index contributed by atoms with van der Waals surface area (Å²) < 4.78 is 0. The van der Waals surface area contributed by atoms with Gasteiger partial charge in [-0.25, -0.2) is 4.79 Å².